The van der Waals surface area contributed by atoms with Gasteiger partial charge >= 0.3 is 0 Å². The first-order valence-corrected chi connectivity index (χ1v) is 31.0. The van der Waals surface area contributed by atoms with E-state index in [1.807, 2.05) is 0 Å². The third-order valence-corrected chi connectivity index (χ3v) is 21.9. The Morgan fingerprint density at radius 3 is 0.244 bits per heavy atom. The van der Waals surface area contributed by atoms with Crippen molar-refractivity contribution in [1.29, 1.82) is 0 Å². The van der Waals surface area contributed by atoms with Gasteiger partial charge in [-0.05, 0) is 95.3 Å². The van der Waals surface area contributed by atoms with Gasteiger partial charge < -0.3 is 0 Å². The van der Waals surface area contributed by atoms with E-state index >= 15 is 0 Å². The van der Waals surface area contributed by atoms with E-state index in [-0.39, 0.29) is 30.3 Å². The van der Waals surface area contributed by atoms with Crippen LogP contribution in [-0.2, 0) is 20.4 Å². The van der Waals surface area contributed by atoms with Crippen molar-refractivity contribution in [2.45, 2.75) is 0 Å². The van der Waals surface area contributed by atoms with Crippen molar-refractivity contribution in [3.05, 3.63) is 364 Å². The molecule has 0 aliphatic rings. The minimum atomic E-state index is -0.446. The van der Waals surface area contributed by atoms with Gasteiger partial charge in [-0.1, -0.05) is 364 Å². The molecule has 0 heterocycles. The molecule has 0 spiro atoms. The molecule has 78 heavy (non-hydrogen) atoms. The Labute approximate surface area is 486 Å². The Kier molecular flexibility index (Phi) is 25.0. The van der Waals surface area contributed by atoms with E-state index in [1.54, 1.807) is 0 Å². The van der Waals surface area contributed by atoms with Crippen LogP contribution in [0.15, 0.2) is 364 Å². The standard InChI is InChI=1S/4C18H15P.H3P.Pd/c4*1-4-10-16(11-5-1)19(17-12-6-2-7-13-17)18-14-8-3-9-15-18;;/h4*1-15H;1H3;. The van der Waals surface area contributed by atoms with Crippen LogP contribution in [0.4, 0.5) is 0 Å². The normalized spacial score (nSPS) is 10.3. The van der Waals surface area contributed by atoms with Crippen molar-refractivity contribution in [1.82, 2.24) is 0 Å². The van der Waals surface area contributed by atoms with Crippen LogP contribution in [0, 0.1) is 0 Å². The monoisotopic (exact) mass is 1190 g/mol. The van der Waals surface area contributed by atoms with Gasteiger partial charge in [0.1, 0.15) is 0 Å². The first kappa shape index (κ1) is 59.1. The fraction of sp³-hybridized carbons (Fsp3) is 0. The minimum Gasteiger partial charge on any atom is -0.153 e. The van der Waals surface area contributed by atoms with E-state index in [0.29, 0.717) is 0 Å². The first-order valence-electron chi connectivity index (χ1n) is 25.6. The summed E-state index contributed by atoms with van der Waals surface area (Å²) < 4.78 is 0. The molecule has 0 N–H and O–H groups in total. The molecule has 0 aliphatic carbocycles. The third kappa shape index (κ3) is 17.2. The summed E-state index contributed by atoms with van der Waals surface area (Å²) in [4.78, 5) is 0. The molecule has 0 nitrogen and oxygen atoms in total. The molecule has 386 valence electrons. The first-order chi connectivity index (χ1) is 37.8. The van der Waals surface area contributed by atoms with Gasteiger partial charge in [0.15, 0.2) is 0 Å². The van der Waals surface area contributed by atoms with E-state index in [2.05, 4.69) is 364 Å². The Morgan fingerprint density at radius 1 is 0.115 bits per heavy atom. The Morgan fingerprint density at radius 2 is 0.179 bits per heavy atom. The molecule has 0 radical (unpaired) electrons. The van der Waals surface area contributed by atoms with Crippen LogP contribution in [0.1, 0.15) is 0 Å². The van der Waals surface area contributed by atoms with Crippen LogP contribution < -0.4 is 63.7 Å². The van der Waals surface area contributed by atoms with E-state index in [1.165, 1.54) is 63.7 Å². The molecular formula is C72H63P5Pd. The van der Waals surface area contributed by atoms with E-state index in [9.17, 15) is 0 Å². The van der Waals surface area contributed by atoms with E-state index in [0.717, 1.165) is 0 Å². The van der Waals surface area contributed by atoms with Crippen LogP contribution in [0.2, 0.25) is 0 Å². The number of hydrogen-bond acceptors (Lipinski definition) is 0. The second kappa shape index (κ2) is 33.0. The van der Waals surface area contributed by atoms with Gasteiger partial charge in [-0.25, -0.2) is 0 Å². The molecule has 12 rings (SSSR count). The summed E-state index contributed by atoms with van der Waals surface area (Å²) in [5, 5.41) is 16.8. The zero-order valence-corrected chi connectivity index (χ0v) is 50.0. The maximum absolute atomic E-state index is 2.23. The molecule has 0 saturated heterocycles. The van der Waals surface area contributed by atoms with Gasteiger partial charge in [-0.15, -0.1) is 0 Å². The maximum atomic E-state index is 2.23. The van der Waals surface area contributed by atoms with Crippen LogP contribution in [-0.4, -0.2) is 0 Å². The van der Waals surface area contributed by atoms with Gasteiger partial charge in [0.25, 0.3) is 0 Å². The molecular weight excluding hydrogens is 1130 g/mol. The van der Waals surface area contributed by atoms with Crippen LogP contribution >= 0.6 is 41.6 Å². The van der Waals surface area contributed by atoms with Crippen LogP contribution in [0.5, 0.6) is 0 Å². The van der Waals surface area contributed by atoms with E-state index in [4.69, 9.17) is 0 Å². The largest absolute Gasteiger partial charge is 0.153 e. The van der Waals surface area contributed by atoms with Crippen LogP contribution in [0.25, 0.3) is 0 Å². The van der Waals surface area contributed by atoms with Crippen molar-refractivity contribution in [2.75, 3.05) is 0 Å². The molecule has 0 saturated carbocycles. The molecule has 0 aromatic heterocycles. The van der Waals surface area contributed by atoms with Crippen molar-refractivity contribution in [3.8, 4) is 0 Å². The summed E-state index contributed by atoms with van der Waals surface area (Å²) in [6.45, 7) is 0. The third-order valence-electron chi connectivity index (χ3n) is 12.2. The summed E-state index contributed by atoms with van der Waals surface area (Å²) in [5.74, 6) is 0. The zero-order chi connectivity index (χ0) is 51.7. The number of rotatable bonds is 12. The molecule has 12 aromatic rings. The maximum Gasteiger partial charge on any atom is 0 e. The summed E-state index contributed by atoms with van der Waals surface area (Å²) in [5.41, 5.74) is 0. The molecule has 0 fully saturated rings. The predicted octanol–water partition coefficient (Wildman–Crippen LogP) is 13.8. The molecule has 1 unspecified atom stereocenters. The van der Waals surface area contributed by atoms with E-state index < -0.39 is 31.7 Å². The molecule has 0 aliphatic heterocycles. The fourth-order valence-electron chi connectivity index (χ4n) is 8.71. The topological polar surface area (TPSA) is 0 Å². The molecule has 12 aromatic carbocycles. The average Bonchev–Trinajstić information content (AvgIpc) is 3.51. The molecule has 0 bridgehead atoms. The molecule has 0 amide bonds. The predicted molar refractivity (Wildman–Crippen MR) is 352 cm³/mol. The van der Waals surface area contributed by atoms with Crippen molar-refractivity contribution in [3.63, 3.8) is 0 Å². The van der Waals surface area contributed by atoms with Gasteiger partial charge in [0, 0.05) is 20.4 Å². The van der Waals surface area contributed by atoms with Crippen molar-refractivity contribution in [2.24, 2.45) is 0 Å². The van der Waals surface area contributed by atoms with Gasteiger partial charge in [-0.3, -0.25) is 0 Å². The van der Waals surface area contributed by atoms with Crippen molar-refractivity contribution < 1.29 is 20.4 Å². The smallest absolute Gasteiger partial charge is 0 e. The summed E-state index contributed by atoms with van der Waals surface area (Å²) >= 11 is 0. The zero-order valence-electron chi connectivity index (χ0n) is 43.5. The Hall–Kier alpha value is -6.55. The van der Waals surface area contributed by atoms with Gasteiger partial charge in [0.05, 0.1) is 0 Å². The summed E-state index contributed by atoms with van der Waals surface area (Å²) in [7, 11) is -1.78. The number of hydrogen-bond donors (Lipinski definition) is 0. The second-order valence-corrected chi connectivity index (χ2v) is 26.2. The number of benzene rings is 12. The SMILES string of the molecule is P.[Pd].c1ccc(P(c2ccccc2)c2ccccc2)cc1.c1ccc(P(c2ccccc2)c2ccccc2)cc1.c1ccc(P(c2ccccc2)c2ccccc2)cc1.c1ccc(P(c2ccccc2)c2ccccc2)cc1. The summed E-state index contributed by atoms with van der Waals surface area (Å²) in [6.07, 6.45) is 0. The second-order valence-electron chi connectivity index (χ2n) is 17.4. The van der Waals surface area contributed by atoms with Gasteiger partial charge in [-0.2, -0.15) is 9.90 Å². The Balaban J connectivity index is 0.000000149. The van der Waals surface area contributed by atoms with Gasteiger partial charge in [0.2, 0.25) is 0 Å². The van der Waals surface area contributed by atoms with Crippen molar-refractivity contribution >= 4 is 105 Å². The fourth-order valence-corrected chi connectivity index (χ4v) is 17.9. The quantitative estimate of drug-likeness (QED) is 0.0845. The molecule has 1 atom stereocenters. The average molecular weight is 1190 g/mol. The minimum absolute atomic E-state index is 0. The van der Waals surface area contributed by atoms with Crippen LogP contribution in [0.3, 0.4) is 0 Å². The molecule has 6 heteroatoms. The Bertz CT molecular complexity index is 2580. The summed E-state index contributed by atoms with van der Waals surface area (Å²) in [6, 6.07) is 129.